The number of carboxylic acid groups (broad SMARTS) is 1. The Labute approximate surface area is 123 Å². The molecule has 0 aliphatic carbocycles. The third-order valence-corrected chi connectivity index (χ3v) is 3.52. The zero-order chi connectivity index (χ0) is 15.2. The molecule has 1 fully saturated rings. The maximum Gasteiger partial charge on any atom is 0.332 e. The van der Waals surface area contributed by atoms with Gasteiger partial charge < -0.3 is 20.9 Å². The molecule has 1 aromatic carbocycles. The third kappa shape index (κ3) is 4.27. The highest BCUT2D eigenvalue weighted by molar-refractivity contribution is 5.94. The van der Waals surface area contributed by atoms with E-state index in [1.807, 2.05) is 12.1 Å². The van der Waals surface area contributed by atoms with Crippen molar-refractivity contribution in [1.29, 1.82) is 0 Å². The molecule has 114 valence electrons. The first-order chi connectivity index (χ1) is 10.1. The molecule has 21 heavy (non-hydrogen) atoms. The molecule has 1 aromatic rings. The topological polar surface area (TPSA) is 102 Å². The molecule has 2 atom stereocenters. The summed E-state index contributed by atoms with van der Waals surface area (Å²) >= 11 is 0. The van der Waals surface area contributed by atoms with Crippen molar-refractivity contribution in [1.82, 2.24) is 5.32 Å². The molecule has 6 nitrogen and oxygen atoms in total. The molecule has 2 rings (SSSR count). The number of ether oxygens (including phenoxy) is 1. The predicted molar refractivity (Wildman–Crippen MR) is 77.1 cm³/mol. The van der Waals surface area contributed by atoms with Crippen LogP contribution in [0.5, 0.6) is 0 Å². The number of nitrogens with two attached hydrogens (primary N) is 1. The van der Waals surface area contributed by atoms with Crippen LogP contribution in [-0.4, -0.2) is 42.3 Å². The largest absolute Gasteiger partial charge is 0.479 e. The molecular formula is C15H20N2O4. The van der Waals surface area contributed by atoms with Crippen molar-refractivity contribution in [3.63, 3.8) is 0 Å². The van der Waals surface area contributed by atoms with Gasteiger partial charge in [-0.25, -0.2) is 4.79 Å². The normalized spacial score (nSPS) is 21.2. The summed E-state index contributed by atoms with van der Waals surface area (Å²) in [6.45, 7) is 0.905. The van der Waals surface area contributed by atoms with Gasteiger partial charge in [0, 0.05) is 12.1 Å². The van der Waals surface area contributed by atoms with E-state index >= 15 is 0 Å². The Morgan fingerprint density at radius 1 is 1.29 bits per heavy atom. The van der Waals surface area contributed by atoms with Gasteiger partial charge in [-0.1, -0.05) is 12.1 Å². The highest BCUT2D eigenvalue weighted by Gasteiger charge is 2.30. The van der Waals surface area contributed by atoms with Crippen molar-refractivity contribution >= 4 is 11.9 Å². The molecule has 6 heteroatoms. The monoisotopic (exact) mass is 292 g/mol. The summed E-state index contributed by atoms with van der Waals surface area (Å²) in [6.07, 6.45) is 0.944. The van der Waals surface area contributed by atoms with Crippen molar-refractivity contribution < 1.29 is 19.4 Å². The summed E-state index contributed by atoms with van der Waals surface area (Å²) in [7, 11) is 0. The highest BCUT2D eigenvalue weighted by Crippen LogP contribution is 2.19. The predicted octanol–water partition coefficient (Wildman–Crippen LogP) is 0.550. The van der Waals surface area contributed by atoms with E-state index in [1.165, 1.54) is 0 Å². The van der Waals surface area contributed by atoms with Crippen LogP contribution >= 0.6 is 0 Å². The van der Waals surface area contributed by atoms with Gasteiger partial charge in [0.25, 0.3) is 5.91 Å². The van der Waals surface area contributed by atoms with E-state index in [1.54, 1.807) is 12.1 Å². The Kier molecular flexibility index (Phi) is 5.30. The Hall–Kier alpha value is -1.92. The van der Waals surface area contributed by atoms with Gasteiger partial charge in [-0.05, 0) is 43.5 Å². The van der Waals surface area contributed by atoms with Gasteiger partial charge in [-0.2, -0.15) is 0 Å². The van der Waals surface area contributed by atoms with Gasteiger partial charge >= 0.3 is 5.97 Å². The number of carboxylic acids is 1. The first-order valence-corrected chi connectivity index (χ1v) is 7.05. The van der Waals surface area contributed by atoms with Crippen LogP contribution in [0.15, 0.2) is 24.3 Å². The van der Waals surface area contributed by atoms with Crippen molar-refractivity contribution in [2.75, 3.05) is 13.1 Å². The Bertz CT molecular complexity index is 501. The van der Waals surface area contributed by atoms with E-state index in [2.05, 4.69) is 5.32 Å². The standard InChI is InChI=1S/C15H20N2O4/c16-8-7-10-1-3-11(4-2-10)14(18)17-9-12-5-6-13(21-12)15(19)20/h1-4,12-13H,5-9,16H2,(H,17,18)(H,19,20). The van der Waals surface area contributed by atoms with Gasteiger partial charge in [0.15, 0.2) is 6.10 Å². The lowest BCUT2D eigenvalue weighted by atomic mass is 10.1. The molecule has 1 heterocycles. The van der Waals surface area contributed by atoms with Crippen molar-refractivity contribution in [2.45, 2.75) is 31.5 Å². The highest BCUT2D eigenvalue weighted by atomic mass is 16.5. The van der Waals surface area contributed by atoms with Gasteiger partial charge in [-0.15, -0.1) is 0 Å². The van der Waals surface area contributed by atoms with Crippen molar-refractivity contribution in [3.8, 4) is 0 Å². The lowest BCUT2D eigenvalue weighted by Gasteiger charge is -2.12. The number of carbonyl (C=O) groups excluding carboxylic acids is 1. The van der Waals surface area contributed by atoms with E-state index in [-0.39, 0.29) is 12.0 Å². The van der Waals surface area contributed by atoms with E-state index in [4.69, 9.17) is 15.6 Å². The van der Waals surface area contributed by atoms with Crippen LogP contribution in [0, 0.1) is 0 Å². The first-order valence-electron chi connectivity index (χ1n) is 7.05. The molecule has 1 aliphatic heterocycles. The third-order valence-electron chi connectivity index (χ3n) is 3.52. The summed E-state index contributed by atoms with van der Waals surface area (Å²) in [4.78, 5) is 22.7. The van der Waals surface area contributed by atoms with Gasteiger partial charge in [0.1, 0.15) is 0 Å². The number of hydrogen-bond acceptors (Lipinski definition) is 4. The molecule has 0 saturated carbocycles. The van der Waals surface area contributed by atoms with Gasteiger partial charge in [0.2, 0.25) is 0 Å². The fourth-order valence-electron chi connectivity index (χ4n) is 2.34. The second-order valence-electron chi connectivity index (χ2n) is 5.11. The van der Waals surface area contributed by atoms with Crippen molar-refractivity contribution in [2.24, 2.45) is 5.73 Å². The van der Waals surface area contributed by atoms with Crippen LogP contribution in [0.2, 0.25) is 0 Å². The van der Waals surface area contributed by atoms with Crippen LogP contribution < -0.4 is 11.1 Å². The molecule has 0 radical (unpaired) electrons. The SMILES string of the molecule is NCCc1ccc(C(=O)NCC2CCC(C(=O)O)O2)cc1. The molecule has 0 bridgehead atoms. The molecule has 2 unspecified atom stereocenters. The second kappa shape index (κ2) is 7.19. The summed E-state index contributed by atoms with van der Waals surface area (Å²) in [5.41, 5.74) is 7.14. The molecular weight excluding hydrogens is 272 g/mol. The Morgan fingerprint density at radius 3 is 2.57 bits per heavy atom. The van der Waals surface area contributed by atoms with E-state index in [9.17, 15) is 9.59 Å². The minimum Gasteiger partial charge on any atom is -0.479 e. The maximum absolute atomic E-state index is 12.0. The number of nitrogens with one attached hydrogen (secondary N) is 1. The van der Waals surface area contributed by atoms with E-state index in [0.717, 1.165) is 12.0 Å². The smallest absolute Gasteiger partial charge is 0.332 e. The number of benzene rings is 1. The number of rotatable bonds is 6. The molecule has 0 spiro atoms. The summed E-state index contributed by atoms with van der Waals surface area (Å²) in [5.74, 6) is -1.13. The first kappa shape index (κ1) is 15.5. The second-order valence-corrected chi connectivity index (χ2v) is 5.11. The molecule has 1 saturated heterocycles. The number of hydrogen-bond donors (Lipinski definition) is 3. The van der Waals surface area contributed by atoms with Crippen LogP contribution in [0.1, 0.15) is 28.8 Å². The Morgan fingerprint density at radius 2 is 2.00 bits per heavy atom. The lowest BCUT2D eigenvalue weighted by molar-refractivity contribution is -0.149. The number of carbonyl (C=O) groups is 2. The molecule has 4 N–H and O–H groups in total. The average Bonchev–Trinajstić information content (AvgIpc) is 2.95. The Balaban J connectivity index is 1.80. The van der Waals surface area contributed by atoms with Crippen LogP contribution in [-0.2, 0) is 16.0 Å². The zero-order valence-corrected chi connectivity index (χ0v) is 11.7. The summed E-state index contributed by atoms with van der Waals surface area (Å²) in [6, 6.07) is 7.29. The van der Waals surface area contributed by atoms with Crippen LogP contribution in [0.25, 0.3) is 0 Å². The summed E-state index contributed by atoms with van der Waals surface area (Å²) < 4.78 is 5.33. The minimum atomic E-state index is -0.945. The molecule has 1 aliphatic rings. The van der Waals surface area contributed by atoms with Crippen LogP contribution in [0.3, 0.4) is 0 Å². The lowest BCUT2D eigenvalue weighted by Crippen LogP contribution is -2.33. The summed E-state index contributed by atoms with van der Waals surface area (Å²) in [5, 5.41) is 11.6. The van der Waals surface area contributed by atoms with E-state index < -0.39 is 12.1 Å². The number of amides is 1. The zero-order valence-electron chi connectivity index (χ0n) is 11.7. The average molecular weight is 292 g/mol. The van der Waals surface area contributed by atoms with Gasteiger partial charge in [0.05, 0.1) is 6.10 Å². The van der Waals surface area contributed by atoms with Crippen molar-refractivity contribution in [3.05, 3.63) is 35.4 Å². The fraction of sp³-hybridized carbons (Fsp3) is 0.467. The maximum atomic E-state index is 12.0. The quantitative estimate of drug-likeness (QED) is 0.710. The van der Waals surface area contributed by atoms with E-state index in [0.29, 0.717) is 31.5 Å². The minimum absolute atomic E-state index is 0.184. The molecule has 1 amide bonds. The van der Waals surface area contributed by atoms with Gasteiger partial charge in [-0.3, -0.25) is 4.79 Å². The molecule has 0 aromatic heterocycles. The van der Waals surface area contributed by atoms with Crippen LogP contribution in [0.4, 0.5) is 0 Å². The number of aliphatic carboxylic acids is 1. The fourth-order valence-corrected chi connectivity index (χ4v) is 2.34.